The summed E-state index contributed by atoms with van der Waals surface area (Å²) in [6.45, 7) is 2.71. The van der Waals surface area contributed by atoms with Gasteiger partial charge >= 0.3 is 11.7 Å². The summed E-state index contributed by atoms with van der Waals surface area (Å²) in [5.74, 6) is -1.40. The van der Waals surface area contributed by atoms with Crippen LogP contribution in [0.2, 0.25) is 0 Å². The van der Waals surface area contributed by atoms with Gasteiger partial charge in [-0.3, -0.25) is 14.3 Å². The van der Waals surface area contributed by atoms with Gasteiger partial charge in [-0.05, 0) is 18.6 Å². The maximum absolute atomic E-state index is 13.8. The topological polar surface area (TPSA) is 90.4 Å². The molecule has 0 saturated carbocycles. The van der Waals surface area contributed by atoms with Crippen molar-refractivity contribution in [3.63, 3.8) is 0 Å². The Labute approximate surface area is 187 Å². The lowest BCUT2D eigenvalue weighted by Crippen LogP contribution is -2.31. The molecular formula is C24H33FN2O5. The van der Waals surface area contributed by atoms with Gasteiger partial charge in [-0.15, -0.1) is 0 Å². The molecule has 0 aliphatic heterocycles. The zero-order valence-corrected chi connectivity index (χ0v) is 19.0. The highest BCUT2D eigenvalue weighted by molar-refractivity contribution is 5.93. The Bertz CT molecular complexity index is 983. The van der Waals surface area contributed by atoms with Gasteiger partial charge in [0.1, 0.15) is 5.75 Å². The second-order valence-electron chi connectivity index (χ2n) is 7.81. The number of H-pyrrole nitrogens is 1. The molecule has 8 heteroatoms. The first-order valence-corrected chi connectivity index (χ1v) is 11.3. The van der Waals surface area contributed by atoms with Gasteiger partial charge in [0.25, 0.3) is 5.56 Å². The Morgan fingerprint density at radius 3 is 2.25 bits per heavy atom. The third-order valence-electron chi connectivity index (χ3n) is 5.30. The number of carbonyl (C=O) groups excluding carboxylic acids is 1. The molecule has 0 aliphatic rings. The fourth-order valence-electron chi connectivity index (χ4n) is 3.49. The van der Waals surface area contributed by atoms with Crippen LogP contribution in [-0.4, -0.2) is 29.2 Å². The van der Waals surface area contributed by atoms with Crippen LogP contribution in [0, 0.1) is 5.82 Å². The molecule has 0 atom stereocenters. The van der Waals surface area contributed by atoms with Crippen LogP contribution in [0.15, 0.2) is 34.0 Å². The van der Waals surface area contributed by atoms with Crippen LogP contribution in [0.1, 0.15) is 81.5 Å². The van der Waals surface area contributed by atoms with E-state index in [1.807, 2.05) is 4.98 Å². The van der Waals surface area contributed by atoms with Crippen molar-refractivity contribution in [3.8, 4) is 11.4 Å². The van der Waals surface area contributed by atoms with Crippen molar-refractivity contribution < 1.29 is 18.7 Å². The largest absolute Gasteiger partial charge is 0.494 e. The van der Waals surface area contributed by atoms with Crippen molar-refractivity contribution in [2.75, 3.05) is 13.7 Å². The molecule has 0 saturated heterocycles. The lowest BCUT2D eigenvalue weighted by atomic mass is 10.1. The van der Waals surface area contributed by atoms with Gasteiger partial charge in [-0.1, -0.05) is 64.7 Å². The molecule has 0 fully saturated rings. The molecule has 0 bridgehead atoms. The number of aromatic nitrogens is 2. The summed E-state index contributed by atoms with van der Waals surface area (Å²) in [7, 11) is 1.21. The van der Waals surface area contributed by atoms with Crippen LogP contribution < -0.4 is 16.0 Å². The van der Waals surface area contributed by atoms with E-state index in [1.165, 1.54) is 64.2 Å². The fourth-order valence-corrected chi connectivity index (χ4v) is 3.49. The normalized spacial score (nSPS) is 10.8. The molecule has 0 amide bonds. The minimum absolute atomic E-state index is 0.0485. The second-order valence-corrected chi connectivity index (χ2v) is 7.81. The van der Waals surface area contributed by atoms with Crippen molar-refractivity contribution >= 4 is 5.97 Å². The van der Waals surface area contributed by atoms with E-state index < -0.39 is 23.0 Å². The average molecular weight is 449 g/mol. The molecular weight excluding hydrogens is 415 g/mol. The van der Waals surface area contributed by atoms with Crippen molar-refractivity contribution in [2.24, 2.45) is 0 Å². The molecule has 0 unspecified atom stereocenters. The molecule has 0 aliphatic carbocycles. The Kier molecular flexibility index (Phi) is 10.7. The number of nitrogens with zero attached hydrogens (tertiary/aromatic N) is 1. The highest BCUT2D eigenvalue weighted by Crippen LogP contribution is 2.22. The van der Waals surface area contributed by atoms with E-state index >= 15 is 0 Å². The molecule has 1 N–H and O–H groups in total. The lowest BCUT2D eigenvalue weighted by Gasteiger charge is -2.13. The molecule has 1 aromatic heterocycles. The van der Waals surface area contributed by atoms with Gasteiger partial charge < -0.3 is 9.47 Å². The quantitative estimate of drug-likeness (QED) is 0.333. The zero-order valence-electron chi connectivity index (χ0n) is 19.0. The average Bonchev–Trinajstić information content (AvgIpc) is 2.79. The number of ether oxygens (including phenoxy) is 2. The smallest absolute Gasteiger partial charge is 0.340 e. The number of rotatable bonds is 14. The first-order chi connectivity index (χ1) is 15.5. The van der Waals surface area contributed by atoms with Crippen LogP contribution in [0.3, 0.4) is 0 Å². The Morgan fingerprint density at radius 1 is 1.00 bits per heavy atom. The molecule has 176 valence electrons. The SMILES string of the molecule is CCCCCCCCCCCCOc1ccc(C(=O)OC)c(-n2cc(F)c(=O)[nH]c2=O)c1. The summed E-state index contributed by atoms with van der Waals surface area (Å²) in [4.78, 5) is 37.5. The number of hydrogen-bond donors (Lipinski definition) is 1. The predicted molar refractivity (Wildman–Crippen MR) is 121 cm³/mol. The molecule has 0 radical (unpaired) electrons. The van der Waals surface area contributed by atoms with Crippen LogP contribution in [0.4, 0.5) is 4.39 Å². The van der Waals surface area contributed by atoms with Crippen molar-refractivity contribution in [1.82, 2.24) is 9.55 Å². The summed E-state index contributed by atoms with van der Waals surface area (Å²) in [5.41, 5.74) is -1.88. The summed E-state index contributed by atoms with van der Waals surface area (Å²) in [6, 6.07) is 4.51. The van der Waals surface area contributed by atoms with E-state index in [-0.39, 0.29) is 11.3 Å². The molecule has 2 aromatic rings. The first-order valence-electron chi connectivity index (χ1n) is 11.3. The van der Waals surface area contributed by atoms with Crippen molar-refractivity contribution in [2.45, 2.75) is 71.1 Å². The summed E-state index contributed by atoms with van der Waals surface area (Å²) >= 11 is 0. The number of aromatic amines is 1. The van der Waals surface area contributed by atoms with Gasteiger partial charge in [0.15, 0.2) is 0 Å². The van der Waals surface area contributed by atoms with E-state index in [0.717, 1.165) is 30.0 Å². The number of halogens is 1. The molecule has 1 aromatic carbocycles. The van der Waals surface area contributed by atoms with Gasteiger partial charge in [0.2, 0.25) is 5.82 Å². The number of benzene rings is 1. The lowest BCUT2D eigenvalue weighted by molar-refractivity contribution is 0.0600. The predicted octanol–water partition coefficient (Wildman–Crippen LogP) is 4.75. The highest BCUT2D eigenvalue weighted by atomic mass is 19.1. The Morgan fingerprint density at radius 2 is 1.62 bits per heavy atom. The Hall–Kier alpha value is -2.90. The number of esters is 1. The third kappa shape index (κ3) is 7.66. The number of carbonyl (C=O) groups is 1. The fraction of sp³-hybridized carbons (Fsp3) is 0.542. The maximum atomic E-state index is 13.8. The Balaban J connectivity index is 1.93. The van der Waals surface area contributed by atoms with E-state index in [4.69, 9.17) is 9.47 Å². The van der Waals surface area contributed by atoms with E-state index in [1.54, 1.807) is 6.07 Å². The number of methoxy groups -OCH3 is 1. The van der Waals surface area contributed by atoms with Gasteiger partial charge in [-0.2, -0.15) is 4.39 Å². The minimum Gasteiger partial charge on any atom is -0.494 e. The van der Waals surface area contributed by atoms with Gasteiger partial charge in [0.05, 0.1) is 31.2 Å². The van der Waals surface area contributed by atoms with Crippen LogP contribution in [0.5, 0.6) is 5.75 Å². The minimum atomic E-state index is -1.14. The van der Waals surface area contributed by atoms with Crippen molar-refractivity contribution in [1.29, 1.82) is 0 Å². The number of nitrogens with one attached hydrogen (secondary N) is 1. The maximum Gasteiger partial charge on any atom is 0.340 e. The number of unbranched alkanes of at least 4 members (excludes halogenated alkanes) is 9. The zero-order chi connectivity index (χ0) is 23.3. The summed E-state index contributed by atoms with van der Waals surface area (Å²) in [6.07, 6.45) is 12.9. The van der Waals surface area contributed by atoms with Crippen LogP contribution >= 0.6 is 0 Å². The standard InChI is InChI=1S/C24H33FN2O5/c1-3-4-5-6-7-8-9-10-11-12-15-32-18-13-14-19(23(29)31-2)21(16-18)27-17-20(25)22(28)26-24(27)30/h13-14,16-17H,3-12,15H2,1-2H3,(H,26,28,30). The van der Waals surface area contributed by atoms with Gasteiger partial charge in [0, 0.05) is 6.07 Å². The van der Waals surface area contributed by atoms with Gasteiger partial charge in [-0.25, -0.2) is 9.59 Å². The van der Waals surface area contributed by atoms with E-state index in [9.17, 15) is 18.8 Å². The third-order valence-corrected chi connectivity index (χ3v) is 5.30. The van der Waals surface area contributed by atoms with Crippen LogP contribution in [-0.2, 0) is 4.74 Å². The number of hydrogen-bond acceptors (Lipinski definition) is 5. The molecule has 32 heavy (non-hydrogen) atoms. The van der Waals surface area contributed by atoms with E-state index in [0.29, 0.717) is 12.4 Å². The summed E-state index contributed by atoms with van der Waals surface area (Å²) in [5, 5.41) is 0. The molecule has 2 rings (SSSR count). The monoisotopic (exact) mass is 448 g/mol. The van der Waals surface area contributed by atoms with Crippen LogP contribution in [0.25, 0.3) is 5.69 Å². The summed E-state index contributed by atoms with van der Waals surface area (Å²) < 4.78 is 25.1. The molecule has 1 heterocycles. The molecule has 0 spiro atoms. The first kappa shape index (κ1) is 25.4. The van der Waals surface area contributed by atoms with E-state index in [2.05, 4.69) is 6.92 Å². The highest BCUT2D eigenvalue weighted by Gasteiger charge is 2.17. The second kappa shape index (κ2) is 13.5. The molecule has 7 nitrogen and oxygen atoms in total. The van der Waals surface area contributed by atoms with Crippen molar-refractivity contribution in [3.05, 3.63) is 56.6 Å².